The van der Waals surface area contributed by atoms with Crippen LogP contribution in [0.3, 0.4) is 0 Å². The highest BCUT2D eigenvalue weighted by Gasteiger charge is 2.31. The third kappa shape index (κ3) is 10.4. The predicted molar refractivity (Wildman–Crippen MR) is 121 cm³/mol. The first-order valence-corrected chi connectivity index (χ1v) is 10.6. The number of aromatic hydroxyl groups is 1. The Hall–Kier alpha value is -4.24. The Morgan fingerprint density at radius 1 is 0.833 bits per heavy atom. The molecular formula is C21H29N5O10. The average Bonchev–Trinajstić information content (AvgIpc) is 2.80. The van der Waals surface area contributed by atoms with Crippen LogP contribution in [0.25, 0.3) is 0 Å². The van der Waals surface area contributed by atoms with E-state index in [4.69, 9.17) is 21.7 Å². The zero-order valence-electron chi connectivity index (χ0n) is 19.0. The fraction of sp³-hybridized carbons (Fsp3) is 0.429. The van der Waals surface area contributed by atoms with E-state index in [1.807, 2.05) is 5.32 Å². The number of nitrogens with two attached hydrogens (primary N) is 2. The maximum absolute atomic E-state index is 12.8. The van der Waals surface area contributed by atoms with Gasteiger partial charge in [0.15, 0.2) is 0 Å². The molecule has 1 aromatic carbocycles. The summed E-state index contributed by atoms with van der Waals surface area (Å²) in [6.45, 7) is -0.783. The Morgan fingerprint density at radius 2 is 1.36 bits per heavy atom. The van der Waals surface area contributed by atoms with Gasteiger partial charge in [-0.2, -0.15) is 0 Å². The molecule has 4 unspecified atom stereocenters. The van der Waals surface area contributed by atoms with Gasteiger partial charge in [-0.05, 0) is 24.1 Å². The highest BCUT2D eigenvalue weighted by Crippen LogP contribution is 2.12. The number of aliphatic carboxylic acids is 2. The SMILES string of the molecule is NC(=O)CCC(NC(=O)C(CC(=O)O)NC(=O)C(N)CO)C(=O)NC(Cc1ccc(O)cc1)C(=O)O. The van der Waals surface area contributed by atoms with Gasteiger partial charge in [-0.1, -0.05) is 12.1 Å². The number of carboxylic acids is 2. The summed E-state index contributed by atoms with van der Waals surface area (Å²) in [6.07, 6.45) is -1.84. The van der Waals surface area contributed by atoms with Crippen molar-refractivity contribution in [2.45, 2.75) is 49.9 Å². The number of phenolic OH excluding ortho intramolecular Hbond substituents is 1. The molecule has 0 spiro atoms. The van der Waals surface area contributed by atoms with Gasteiger partial charge in [-0.15, -0.1) is 0 Å². The van der Waals surface area contributed by atoms with E-state index in [1.54, 1.807) is 0 Å². The number of nitrogens with one attached hydrogen (secondary N) is 3. The van der Waals surface area contributed by atoms with Crippen LogP contribution in [0.4, 0.5) is 0 Å². The maximum atomic E-state index is 12.8. The van der Waals surface area contributed by atoms with Crippen molar-refractivity contribution in [3.63, 3.8) is 0 Å². The van der Waals surface area contributed by atoms with E-state index in [9.17, 15) is 39.0 Å². The number of carbonyl (C=O) groups excluding carboxylic acids is 4. The van der Waals surface area contributed by atoms with Gasteiger partial charge in [0.1, 0.15) is 29.9 Å². The molecule has 0 fully saturated rings. The Kier molecular flexibility index (Phi) is 11.8. The predicted octanol–water partition coefficient (Wildman–Crippen LogP) is -3.47. The van der Waals surface area contributed by atoms with Crippen LogP contribution in [-0.4, -0.2) is 86.8 Å². The molecular weight excluding hydrogens is 482 g/mol. The van der Waals surface area contributed by atoms with E-state index in [-0.39, 0.29) is 25.0 Å². The molecule has 0 saturated heterocycles. The molecule has 15 nitrogen and oxygen atoms in total. The first kappa shape index (κ1) is 29.8. The molecule has 0 aliphatic rings. The topological polar surface area (TPSA) is 271 Å². The second-order valence-electron chi connectivity index (χ2n) is 7.78. The minimum atomic E-state index is -1.70. The van der Waals surface area contributed by atoms with E-state index in [0.29, 0.717) is 5.56 Å². The van der Waals surface area contributed by atoms with E-state index >= 15 is 0 Å². The minimum Gasteiger partial charge on any atom is -0.508 e. The Bertz CT molecular complexity index is 968. The van der Waals surface area contributed by atoms with Gasteiger partial charge in [0.05, 0.1) is 13.0 Å². The zero-order chi connectivity index (χ0) is 27.4. The summed E-state index contributed by atoms with van der Waals surface area (Å²) in [5.41, 5.74) is 10.9. The number of hydrogen-bond donors (Lipinski definition) is 9. The number of rotatable bonds is 15. The van der Waals surface area contributed by atoms with Gasteiger partial charge < -0.3 is 47.8 Å². The second-order valence-corrected chi connectivity index (χ2v) is 7.78. The molecule has 0 aromatic heterocycles. The number of benzene rings is 1. The molecule has 11 N–H and O–H groups in total. The molecule has 0 aliphatic heterocycles. The van der Waals surface area contributed by atoms with Crippen molar-refractivity contribution in [2.24, 2.45) is 11.5 Å². The molecule has 36 heavy (non-hydrogen) atoms. The molecule has 0 heterocycles. The molecule has 4 amide bonds. The second kappa shape index (κ2) is 14.2. The van der Waals surface area contributed by atoms with Crippen LogP contribution in [-0.2, 0) is 35.2 Å². The molecule has 1 rings (SSSR count). The molecule has 0 saturated carbocycles. The standard InChI is InChI=1S/C21H29N5O10/c22-12(9-27)18(32)25-14(8-17(30)31)20(34)24-13(5-6-16(23)29)19(33)26-15(21(35)36)7-10-1-3-11(28)4-2-10/h1-4,12-15,27-28H,5-9,22H2,(H2,23,29)(H,24,34)(H,25,32)(H,26,33)(H,30,31)(H,35,36). The van der Waals surface area contributed by atoms with E-state index < -0.39 is 72.8 Å². The Morgan fingerprint density at radius 3 is 1.86 bits per heavy atom. The zero-order valence-corrected chi connectivity index (χ0v) is 19.0. The van der Waals surface area contributed by atoms with Crippen LogP contribution in [0.15, 0.2) is 24.3 Å². The molecule has 0 aliphatic carbocycles. The van der Waals surface area contributed by atoms with Crippen molar-refractivity contribution in [1.29, 1.82) is 0 Å². The minimum absolute atomic E-state index is 0.0492. The molecule has 1 aromatic rings. The maximum Gasteiger partial charge on any atom is 0.326 e. The number of aliphatic hydroxyl groups is 1. The van der Waals surface area contributed by atoms with E-state index in [2.05, 4.69) is 10.6 Å². The lowest BCUT2D eigenvalue weighted by molar-refractivity contribution is -0.143. The Balaban J connectivity index is 3.05. The van der Waals surface area contributed by atoms with Crippen molar-refractivity contribution < 1.29 is 49.2 Å². The smallest absolute Gasteiger partial charge is 0.326 e. The number of carboxylic acid groups (broad SMARTS) is 2. The number of primary amides is 1. The van der Waals surface area contributed by atoms with Gasteiger partial charge in [0, 0.05) is 12.8 Å². The first-order chi connectivity index (χ1) is 16.8. The van der Waals surface area contributed by atoms with Crippen molar-refractivity contribution in [2.75, 3.05) is 6.61 Å². The van der Waals surface area contributed by atoms with Gasteiger partial charge >= 0.3 is 11.9 Å². The summed E-state index contributed by atoms with van der Waals surface area (Å²) in [4.78, 5) is 71.5. The van der Waals surface area contributed by atoms with Gasteiger partial charge in [-0.3, -0.25) is 24.0 Å². The average molecular weight is 511 g/mol. The summed E-state index contributed by atoms with van der Waals surface area (Å²) in [6, 6.07) is -0.599. The van der Waals surface area contributed by atoms with Crippen LogP contribution in [0.1, 0.15) is 24.8 Å². The molecule has 198 valence electrons. The fourth-order valence-corrected chi connectivity index (χ4v) is 2.91. The summed E-state index contributed by atoms with van der Waals surface area (Å²) in [5.74, 6) is -6.94. The third-order valence-electron chi connectivity index (χ3n) is 4.85. The van der Waals surface area contributed by atoms with Gasteiger partial charge in [0.25, 0.3) is 0 Å². The quantitative estimate of drug-likeness (QED) is 0.112. The molecule has 15 heteroatoms. The van der Waals surface area contributed by atoms with E-state index in [0.717, 1.165) is 0 Å². The van der Waals surface area contributed by atoms with Crippen LogP contribution in [0.2, 0.25) is 0 Å². The molecule has 0 radical (unpaired) electrons. The number of amides is 4. The lowest BCUT2D eigenvalue weighted by atomic mass is 10.0. The largest absolute Gasteiger partial charge is 0.508 e. The molecule has 4 atom stereocenters. The fourth-order valence-electron chi connectivity index (χ4n) is 2.91. The molecule has 0 bridgehead atoms. The van der Waals surface area contributed by atoms with Gasteiger partial charge in [-0.25, -0.2) is 4.79 Å². The third-order valence-corrected chi connectivity index (χ3v) is 4.85. The van der Waals surface area contributed by atoms with Crippen molar-refractivity contribution in [3.8, 4) is 5.75 Å². The van der Waals surface area contributed by atoms with Crippen LogP contribution in [0, 0.1) is 0 Å². The van der Waals surface area contributed by atoms with Crippen molar-refractivity contribution >= 4 is 35.6 Å². The Labute approximate surface area is 204 Å². The highest BCUT2D eigenvalue weighted by molar-refractivity contribution is 5.95. The number of phenols is 1. The first-order valence-electron chi connectivity index (χ1n) is 10.6. The van der Waals surface area contributed by atoms with Gasteiger partial charge in [0.2, 0.25) is 23.6 Å². The number of carbonyl (C=O) groups is 6. The normalized spacial score (nSPS) is 13.9. The summed E-state index contributed by atoms with van der Waals surface area (Å²) in [7, 11) is 0. The summed E-state index contributed by atoms with van der Waals surface area (Å²) in [5, 5.41) is 43.4. The number of hydrogen-bond acceptors (Lipinski definition) is 9. The van der Waals surface area contributed by atoms with Crippen LogP contribution < -0.4 is 27.4 Å². The van der Waals surface area contributed by atoms with E-state index in [1.165, 1.54) is 24.3 Å². The van der Waals surface area contributed by atoms with Crippen molar-refractivity contribution in [3.05, 3.63) is 29.8 Å². The highest BCUT2D eigenvalue weighted by atomic mass is 16.4. The van der Waals surface area contributed by atoms with Crippen LogP contribution in [0.5, 0.6) is 5.75 Å². The lowest BCUT2D eigenvalue weighted by Crippen LogP contribution is -2.58. The summed E-state index contributed by atoms with van der Waals surface area (Å²) < 4.78 is 0. The monoisotopic (exact) mass is 511 g/mol. The summed E-state index contributed by atoms with van der Waals surface area (Å²) >= 11 is 0. The number of aliphatic hydroxyl groups excluding tert-OH is 1. The van der Waals surface area contributed by atoms with Crippen molar-refractivity contribution in [1.82, 2.24) is 16.0 Å². The van der Waals surface area contributed by atoms with Crippen LogP contribution >= 0.6 is 0 Å². The lowest BCUT2D eigenvalue weighted by Gasteiger charge is -2.24.